The van der Waals surface area contributed by atoms with Crippen molar-refractivity contribution in [2.75, 3.05) is 6.54 Å². The summed E-state index contributed by atoms with van der Waals surface area (Å²) in [5.74, 6) is 0. The van der Waals surface area contributed by atoms with Crippen LogP contribution in [0.1, 0.15) is 24.2 Å². The summed E-state index contributed by atoms with van der Waals surface area (Å²) in [6.45, 7) is 3.09. The first-order valence-electron chi connectivity index (χ1n) is 5.10. The van der Waals surface area contributed by atoms with Crippen molar-refractivity contribution in [3.8, 4) is 0 Å². The third-order valence-electron chi connectivity index (χ3n) is 2.86. The van der Waals surface area contributed by atoms with Crippen LogP contribution in [-0.2, 0) is 13.5 Å². The minimum absolute atomic E-state index is 0.585. The van der Waals surface area contributed by atoms with E-state index >= 15 is 0 Å². The first-order valence-corrected chi connectivity index (χ1v) is 5.47. The maximum Gasteiger partial charge on any atom is 0.0847 e. The Morgan fingerprint density at radius 3 is 2.93 bits per heavy atom. The number of halogens is 1. The zero-order valence-corrected chi connectivity index (χ0v) is 9.43. The minimum Gasteiger partial charge on any atom is -0.314 e. The van der Waals surface area contributed by atoms with Gasteiger partial charge in [0.25, 0.3) is 0 Å². The van der Waals surface area contributed by atoms with Crippen molar-refractivity contribution in [3.05, 3.63) is 16.4 Å². The van der Waals surface area contributed by atoms with Crippen LogP contribution >= 0.6 is 11.6 Å². The Balaban J connectivity index is 2.14. The molecule has 0 amide bonds. The fraction of sp³-hybridized carbons (Fsp3) is 0.700. The van der Waals surface area contributed by atoms with E-state index in [-0.39, 0.29) is 0 Å². The molecule has 1 saturated heterocycles. The van der Waals surface area contributed by atoms with Crippen LogP contribution < -0.4 is 5.32 Å². The molecular formula is C10H16ClN3. The lowest BCUT2D eigenvalue weighted by atomic mass is 10.1. The van der Waals surface area contributed by atoms with E-state index in [0.717, 1.165) is 29.4 Å². The highest BCUT2D eigenvalue weighted by Gasteiger charge is 2.19. The molecule has 1 aliphatic rings. The highest BCUT2D eigenvalue weighted by atomic mass is 35.5. The number of rotatable bonds is 2. The van der Waals surface area contributed by atoms with E-state index in [2.05, 4.69) is 10.4 Å². The van der Waals surface area contributed by atoms with E-state index in [4.69, 9.17) is 11.6 Å². The molecule has 2 rings (SSSR count). The average Bonchev–Trinajstić information content (AvgIpc) is 2.71. The van der Waals surface area contributed by atoms with Gasteiger partial charge >= 0.3 is 0 Å². The molecule has 78 valence electrons. The second-order valence-corrected chi connectivity index (χ2v) is 4.35. The lowest BCUT2D eigenvalue weighted by Gasteiger charge is -2.10. The molecule has 0 spiro atoms. The number of hydrogen-bond acceptors (Lipinski definition) is 2. The number of nitrogens with one attached hydrogen (secondary N) is 1. The lowest BCUT2D eigenvalue weighted by molar-refractivity contribution is 0.570. The molecule has 0 saturated carbocycles. The summed E-state index contributed by atoms with van der Waals surface area (Å²) in [5.41, 5.74) is 2.09. The molecule has 3 nitrogen and oxygen atoms in total. The maximum atomic E-state index is 6.18. The Bertz CT molecular complexity index is 326. The summed E-state index contributed by atoms with van der Waals surface area (Å²) in [6, 6.07) is 0.585. The fourth-order valence-corrected chi connectivity index (χ4v) is 2.30. The molecule has 1 aliphatic heterocycles. The van der Waals surface area contributed by atoms with Gasteiger partial charge in [-0.2, -0.15) is 5.10 Å². The zero-order valence-electron chi connectivity index (χ0n) is 8.68. The molecule has 1 atom stereocenters. The summed E-state index contributed by atoms with van der Waals surface area (Å²) in [7, 11) is 1.96. The van der Waals surface area contributed by atoms with Gasteiger partial charge in [-0.3, -0.25) is 4.68 Å². The molecule has 2 heterocycles. The van der Waals surface area contributed by atoms with E-state index in [9.17, 15) is 0 Å². The van der Waals surface area contributed by atoms with Crippen LogP contribution in [-0.4, -0.2) is 22.4 Å². The smallest absolute Gasteiger partial charge is 0.0847 e. The van der Waals surface area contributed by atoms with Gasteiger partial charge in [-0.25, -0.2) is 0 Å². The van der Waals surface area contributed by atoms with Crippen LogP contribution in [0.25, 0.3) is 0 Å². The van der Waals surface area contributed by atoms with Gasteiger partial charge in [0.1, 0.15) is 0 Å². The van der Waals surface area contributed by atoms with Crippen molar-refractivity contribution in [2.45, 2.75) is 32.2 Å². The Labute approximate surface area is 89.4 Å². The monoisotopic (exact) mass is 213 g/mol. The topological polar surface area (TPSA) is 29.9 Å². The van der Waals surface area contributed by atoms with Crippen LogP contribution in [0.2, 0.25) is 5.02 Å². The zero-order chi connectivity index (χ0) is 10.1. The maximum absolute atomic E-state index is 6.18. The quantitative estimate of drug-likeness (QED) is 0.810. The van der Waals surface area contributed by atoms with Crippen LogP contribution in [0.5, 0.6) is 0 Å². The highest BCUT2D eigenvalue weighted by Crippen LogP contribution is 2.22. The van der Waals surface area contributed by atoms with Crippen LogP contribution in [0.15, 0.2) is 0 Å². The van der Waals surface area contributed by atoms with Crippen LogP contribution in [0.4, 0.5) is 0 Å². The van der Waals surface area contributed by atoms with Crippen LogP contribution in [0.3, 0.4) is 0 Å². The van der Waals surface area contributed by atoms with Gasteiger partial charge in [-0.1, -0.05) is 11.6 Å². The first kappa shape index (κ1) is 9.99. The fourth-order valence-electron chi connectivity index (χ4n) is 2.07. The molecule has 1 aromatic rings. The Morgan fingerprint density at radius 2 is 2.43 bits per heavy atom. The third-order valence-corrected chi connectivity index (χ3v) is 3.36. The van der Waals surface area contributed by atoms with Gasteiger partial charge in [0.2, 0.25) is 0 Å². The van der Waals surface area contributed by atoms with Gasteiger partial charge in [0.15, 0.2) is 0 Å². The normalized spacial score (nSPS) is 21.8. The van der Waals surface area contributed by atoms with Crippen molar-refractivity contribution < 1.29 is 0 Å². The summed E-state index contributed by atoms with van der Waals surface area (Å²) in [5, 5.41) is 8.61. The summed E-state index contributed by atoms with van der Waals surface area (Å²) < 4.78 is 1.90. The summed E-state index contributed by atoms with van der Waals surface area (Å²) in [4.78, 5) is 0. The Kier molecular flexibility index (Phi) is 2.79. The number of aromatic nitrogens is 2. The lowest BCUT2D eigenvalue weighted by Crippen LogP contribution is -2.24. The SMILES string of the molecule is Cc1nn(C)c(CC2CCCN2)c1Cl. The van der Waals surface area contributed by atoms with E-state index in [1.54, 1.807) is 0 Å². The molecule has 4 heteroatoms. The highest BCUT2D eigenvalue weighted by molar-refractivity contribution is 6.31. The second-order valence-electron chi connectivity index (χ2n) is 3.97. The van der Waals surface area contributed by atoms with Gasteiger partial charge < -0.3 is 5.32 Å². The number of hydrogen-bond donors (Lipinski definition) is 1. The van der Waals surface area contributed by atoms with Crippen LogP contribution in [0, 0.1) is 6.92 Å². The molecule has 0 aromatic carbocycles. The molecule has 1 fully saturated rings. The number of aryl methyl sites for hydroxylation is 2. The molecular weight excluding hydrogens is 198 g/mol. The van der Waals surface area contributed by atoms with E-state index in [0.29, 0.717) is 6.04 Å². The predicted molar refractivity (Wildman–Crippen MR) is 57.7 cm³/mol. The van der Waals surface area contributed by atoms with Crippen molar-refractivity contribution >= 4 is 11.6 Å². The molecule has 14 heavy (non-hydrogen) atoms. The van der Waals surface area contributed by atoms with Gasteiger partial charge in [-0.15, -0.1) is 0 Å². The molecule has 0 radical (unpaired) electrons. The molecule has 0 aliphatic carbocycles. The molecule has 1 unspecified atom stereocenters. The first-order chi connectivity index (χ1) is 6.68. The largest absolute Gasteiger partial charge is 0.314 e. The van der Waals surface area contributed by atoms with E-state index in [1.807, 2.05) is 18.7 Å². The van der Waals surface area contributed by atoms with Gasteiger partial charge in [-0.05, 0) is 26.3 Å². The summed E-state index contributed by atoms with van der Waals surface area (Å²) in [6.07, 6.45) is 3.52. The standard InChI is InChI=1S/C10H16ClN3/c1-7-10(11)9(14(2)13-7)6-8-4-3-5-12-8/h8,12H,3-6H2,1-2H3. The van der Waals surface area contributed by atoms with E-state index in [1.165, 1.54) is 12.8 Å². The molecule has 1 N–H and O–H groups in total. The summed E-state index contributed by atoms with van der Waals surface area (Å²) >= 11 is 6.18. The van der Waals surface area contributed by atoms with E-state index < -0.39 is 0 Å². The Morgan fingerprint density at radius 1 is 1.64 bits per heavy atom. The number of nitrogens with zero attached hydrogens (tertiary/aromatic N) is 2. The van der Waals surface area contributed by atoms with Gasteiger partial charge in [0, 0.05) is 19.5 Å². The van der Waals surface area contributed by atoms with Crippen molar-refractivity contribution in [3.63, 3.8) is 0 Å². The average molecular weight is 214 g/mol. The third kappa shape index (κ3) is 1.79. The van der Waals surface area contributed by atoms with Crippen molar-refractivity contribution in [1.82, 2.24) is 15.1 Å². The predicted octanol–water partition coefficient (Wildman–Crippen LogP) is 1.68. The molecule has 1 aromatic heterocycles. The van der Waals surface area contributed by atoms with Crippen molar-refractivity contribution in [1.29, 1.82) is 0 Å². The Hall–Kier alpha value is -0.540. The minimum atomic E-state index is 0.585. The molecule has 0 bridgehead atoms. The van der Waals surface area contributed by atoms with Crippen molar-refractivity contribution in [2.24, 2.45) is 7.05 Å². The second kappa shape index (κ2) is 3.91. The van der Waals surface area contributed by atoms with Gasteiger partial charge in [0.05, 0.1) is 16.4 Å².